The first-order chi connectivity index (χ1) is 9.65. The third-order valence-electron chi connectivity index (χ3n) is 3.11. The van der Waals surface area contributed by atoms with Crippen molar-refractivity contribution in [1.29, 1.82) is 0 Å². The lowest BCUT2D eigenvalue weighted by Gasteiger charge is -2.07. The average molecular weight is 354 g/mol. The molecule has 0 saturated carbocycles. The van der Waals surface area contributed by atoms with Gasteiger partial charge in [-0.15, -0.1) is 12.4 Å². The number of hydrogen-bond acceptors (Lipinski definition) is 2. The zero-order valence-corrected chi connectivity index (χ0v) is 14.4. The number of amides is 1. The minimum atomic E-state index is 0. The molecule has 1 aromatic rings. The molecule has 0 aliphatic carbocycles. The number of carbonyl (C=O) groups is 1. The molecule has 21 heavy (non-hydrogen) atoms. The van der Waals surface area contributed by atoms with Crippen molar-refractivity contribution in [2.45, 2.75) is 38.5 Å². The third-order valence-corrected chi connectivity index (χ3v) is 3.96. The molecule has 6 heteroatoms. The number of nitrogens with two attached hydrogens (primary N) is 1. The Morgan fingerprint density at radius 3 is 2.57 bits per heavy atom. The van der Waals surface area contributed by atoms with Crippen LogP contribution in [0.15, 0.2) is 18.2 Å². The Hall–Kier alpha value is -0.480. The van der Waals surface area contributed by atoms with Gasteiger partial charge in [0.1, 0.15) is 0 Å². The van der Waals surface area contributed by atoms with Gasteiger partial charge in [0.25, 0.3) is 0 Å². The van der Waals surface area contributed by atoms with Crippen LogP contribution in [0, 0.1) is 0 Å². The summed E-state index contributed by atoms with van der Waals surface area (Å²) >= 11 is 12.0. The zero-order chi connectivity index (χ0) is 14.8. The second kappa shape index (κ2) is 12.1. The van der Waals surface area contributed by atoms with E-state index in [-0.39, 0.29) is 18.3 Å². The van der Waals surface area contributed by atoms with Gasteiger partial charge in [0.2, 0.25) is 5.91 Å². The Morgan fingerprint density at radius 2 is 1.86 bits per heavy atom. The van der Waals surface area contributed by atoms with Crippen LogP contribution in [0.25, 0.3) is 0 Å². The van der Waals surface area contributed by atoms with Crippen molar-refractivity contribution in [3.8, 4) is 0 Å². The van der Waals surface area contributed by atoms with E-state index >= 15 is 0 Å². The van der Waals surface area contributed by atoms with Crippen LogP contribution < -0.4 is 11.1 Å². The normalized spacial score (nSPS) is 10.0. The average Bonchev–Trinajstić information content (AvgIpc) is 2.43. The van der Waals surface area contributed by atoms with E-state index in [1.54, 1.807) is 6.07 Å². The maximum absolute atomic E-state index is 11.6. The maximum atomic E-state index is 11.6. The van der Waals surface area contributed by atoms with E-state index in [2.05, 4.69) is 5.32 Å². The van der Waals surface area contributed by atoms with Gasteiger partial charge in [-0.3, -0.25) is 4.79 Å². The summed E-state index contributed by atoms with van der Waals surface area (Å²) in [6, 6.07) is 5.54. The predicted molar refractivity (Wildman–Crippen MR) is 92.6 cm³/mol. The molecule has 0 aromatic heterocycles. The van der Waals surface area contributed by atoms with Crippen LogP contribution in [0.3, 0.4) is 0 Å². The van der Waals surface area contributed by atoms with E-state index in [4.69, 9.17) is 28.9 Å². The molecule has 120 valence electrons. The van der Waals surface area contributed by atoms with Crippen LogP contribution >= 0.6 is 35.6 Å². The van der Waals surface area contributed by atoms with Gasteiger partial charge in [-0.05, 0) is 37.4 Å². The van der Waals surface area contributed by atoms with Crippen LogP contribution in [-0.2, 0) is 11.2 Å². The van der Waals surface area contributed by atoms with Gasteiger partial charge in [-0.2, -0.15) is 0 Å². The Labute approximate surface area is 143 Å². The molecule has 3 nitrogen and oxygen atoms in total. The van der Waals surface area contributed by atoms with Gasteiger partial charge in [-0.25, -0.2) is 0 Å². The first-order valence-corrected chi connectivity index (χ1v) is 7.80. The van der Waals surface area contributed by atoms with Gasteiger partial charge in [0, 0.05) is 13.0 Å². The first-order valence-electron chi connectivity index (χ1n) is 7.05. The van der Waals surface area contributed by atoms with Crippen LogP contribution in [-0.4, -0.2) is 19.0 Å². The van der Waals surface area contributed by atoms with E-state index in [1.165, 1.54) is 0 Å². The van der Waals surface area contributed by atoms with Crippen LogP contribution in [0.1, 0.15) is 37.7 Å². The SMILES string of the molecule is Cl.NCCCCCCC(=O)NCCc1cccc(Cl)c1Cl. The lowest BCUT2D eigenvalue weighted by molar-refractivity contribution is -0.121. The molecule has 0 aliphatic heterocycles. The quantitative estimate of drug-likeness (QED) is 0.660. The number of hydrogen-bond donors (Lipinski definition) is 2. The van der Waals surface area contributed by atoms with Crippen molar-refractivity contribution in [1.82, 2.24) is 5.32 Å². The number of unbranched alkanes of at least 4 members (excludes halogenated alkanes) is 3. The zero-order valence-electron chi connectivity index (χ0n) is 12.0. The first kappa shape index (κ1) is 20.5. The van der Waals surface area contributed by atoms with Crippen molar-refractivity contribution in [2.24, 2.45) is 5.73 Å². The van der Waals surface area contributed by atoms with E-state index in [0.29, 0.717) is 29.4 Å². The second-order valence-electron chi connectivity index (χ2n) is 4.77. The Kier molecular flexibility index (Phi) is 11.8. The summed E-state index contributed by atoms with van der Waals surface area (Å²) in [5.41, 5.74) is 6.38. The van der Waals surface area contributed by atoms with E-state index in [9.17, 15) is 4.79 Å². The third kappa shape index (κ3) is 8.52. The van der Waals surface area contributed by atoms with Crippen molar-refractivity contribution >= 4 is 41.5 Å². The highest BCUT2D eigenvalue weighted by Gasteiger charge is 2.05. The van der Waals surface area contributed by atoms with Gasteiger partial charge >= 0.3 is 0 Å². The van der Waals surface area contributed by atoms with Crippen LogP contribution in [0.4, 0.5) is 0 Å². The van der Waals surface area contributed by atoms with Gasteiger partial charge in [0.15, 0.2) is 0 Å². The molecule has 1 aromatic carbocycles. The molecule has 0 aliphatic rings. The molecular formula is C15H23Cl3N2O. The van der Waals surface area contributed by atoms with E-state index in [1.807, 2.05) is 12.1 Å². The minimum absolute atomic E-state index is 0. The number of nitrogens with one attached hydrogen (secondary N) is 1. The molecule has 0 heterocycles. The molecular weight excluding hydrogens is 331 g/mol. The molecule has 0 atom stereocenters. The topological polar surface area (TPSA) is 55.1 Å². The molecule has 0 bridgehead atoms. The monoisotopic (exact) mass is 352 g/mol. The van der Waals surface area contributed by atoms with Crippen molar-refractivity contribution < 1.29 is 4.79 Å². The Balaban J connectivity index is 0.00000400. The molecule has 0 saturated heterocycles. The standard InChI is InChI=1S/C15H22Cl2N2O.ClH/c16-13-7-5-6-12(15(13)17)9-11-19-14(20)8-3-1-2-4-10-18;/h5-7H,1-4,8-11,18H2,(H,19,20);1H. The van der Waals surface area contributed by atoms with E-state index < -0.39 is 0 Å². The smallest absolute Gasteiger partial charge is 0.220 e. The Morgan fingerprint density at radius 1 is 1.14 bits per heavy atom. The fourth-order valence-electron chi connectivity index (χ4n) is 1.95. The predicted octanol–water partition coefficient (Wildman–Crippen LogP) is 3.98. The van der Waals surface area contributed by atoms with Gasteiger partial charge in [0.05, 0.1) is 10.0 Å². The molecule has 0 unspecified atom stereocenters. The highest BCUT2D eigenvalue weighted by molar-refractivity contribution is 6.42. The van der Waals surface area contributed by atoms with Crippen molar-refractivity contribution in [2.75, 3.05) is 13.1 Å². The molecule has 3 N–H and O–H groups in total. The van der Waals surface area contributed by atoms with Gasteiger partial charge in [-0.1, -0.05) is 48.2 Å². The molecule has 1 rings (SSSR count). The lowest BCUT2D eigenvalue weighted by Crippen LogP contribution is -2.25. The fraction of sp³-hybridized carbons (Fsp3) is 0.533. The number of carbonyl (C=O) groups excluding carboxylic acids is 1. The van der Waals surface area contributed by atoms with Crippen LogP contribution in [0.5, 0.6) is 0 Å². The molecule has 0 radical (unpaired) electrons. The molecule has 1 amide bonds. The van der Waals surface area contributed by atoms with Crippen molar-refractivity contribution in [3.63, 3.8) is 0 Å². The number of halogens is 3. The summed E-state index contributed by atoms with van der Waals surface area (Å²) < 4.78 is 0. The summed E-state index contributed by atoms with van der Waals surface area (Å²) in [5, 5.41) is 4.03. The van der Waals surface area contributed by atoms with E-state index in [0.717, 1.165) is 37.8 Å². The molecule has 0 fully saturated rings. The lowest BCUT2D eigenvalue weighted by atomic mass is 10.1. The summed E-state index contributed by atoms with van der Waals surface area (Å²) in [6.45, 7) is 1.31. The second-order valence-corrected chi connectivity index (χ2v) is 5.55. The minimum Gasteiger partial charge on any atom is -0.356 e. The number of benzene rings is 1. The fourth-order valence-corrected chi connectivity index (χ4v) is 2.36. The molecule has 0 spiro atoms. The summed E-state index contributed by atoms with van der Waals surface area (Å²) in [4.78, 5) is 11.6. The Bertz CT molecular complexity index is 427. The summed E-state index contributed by atoms with van der Waals surface area (Å²) in [5.74, 6) is 0.0934. The number of rotatable bonds is 9. The highest BCUT2D eigenvalue weighted by Crippen LogP contribution is 2.25. The highest BCUT2D eigenvalue weighted by atomic mass is 35.5. The summed E-state index contributed by atoms with van der Waals surface area (Å²) in [6.07, 6.45) is 5.39. The van der Waals surface area contributed by atoms with Gasteiger partial charge < -0.3 is 11.1 Å². The largest absolute Gasteiger partial charge is 0.356 e. The maximum Gasteiger partial charge on any atom is 0.220 e. The van der Waals surface area contributed by atoms with Crippen LogP contribution in [0.2, 0.25) is 10.0 Å². The van der Waals surface area contributed by atoms with Crippen molar-refractivity contribution in [3.05, 3.63) is 33.8 Å². The summed E-state index contributed by atoms with van der Waals surface area (Å²) in [7, 11) is 0.